The van der Waals surface area contributed by atoms with Crippen molar-refractivity contribution in [2.75, 3.05) is 56.9 Å². The molecule has 0 unspecified atom stereocenters. The molecule has 2 aromatic rings. The number of nitrogens with zero attached hydrogens (tertiary/aromatic N) is 4. The van der Waals surface area contributed by atoms with Gasteiger partial charge in [-0.3, -0.25) is 4.79 Å². The molecule has 3 saturated heterocycles. The molecule has 0 spiro atoms. The fourth-order valence-electron chi connectivity index (χ4n) is 7.83. The van der Waals surface area contributed by atoms with Gasteiger partial charge in [0.05, 0.1) is 16.3 Å². The maximum absolute atomic E-state index is 14.0. The van der Waals surface area contributed by atoms with Crippen LogP contribution in [0.15, 0.2) is 36.4 Å². The van der Waals surface area contributed by atoms with Gasteiger partial charge in [-0.25, -0.2) is 9.59 Å². The smallest absolute Gasteiger partial charge is 0.418 e. The number of likely N-dealkylation sites (tertiary alicyclic amines) is 3. The Kier molecular flexibility index (Phi) is 11.3. The molecule has 1 atom stereocenters. The zero-order valence-corrected chi connectivity index (χ0v) is 29.0. The Morgan fingerprint density at radius 1 is 0.900 bits per heavy atom. The lowest BCUT2D eigenvalue weighted by atomic mass is 9.99. The Morgan fingerprint density at radius 3 is 2.22 bits per heavy atom. The molecule has 0 aliphatic carbocycles. The number of hydrogen-bond donors (Lipinski definition) is 2. The summed E-state index contributed by atoms with van der Waals surface area (Å²) in [6.45, 7) is 4.18. The largest absolute Gasteiger partial charge is 0.436 e. The van der Waals surface area contributed by atoms with Crippen LogP contribution in [0.25, 0.3) is 0 Å². The van der Waals surface area contributed by atoms with Crippen LogP contribution in [-0.4, -0.2) is 102 Å². The number of piperidine rings is 2. The molecule has 4 heterocycles. The Labute approximate surface area is 296 Å². The third kappa shape index (κ3) is 8.42. The van der Waals surface area contributed by atoms with Crippen LogP contribution in [0.1, 0.15) is 68.1 Å². The number of nitrogens with one attached hydrogen (secondary N) is 1. The average molecular weight is 719 g/mol. The first-order valence-corrected chi connectivity index (χ1v) is 18.1. The summed E-state index contributed by atoms with van der Waals surface area (Å²) in [4.78, 5) is 48.1. The van der Waals surface area contributed by atoms with Gasteiger partial charge >= 0.3 is 18.3 Å². The van der Waals surface area contributed by atoms with Crippen molar-refractivity contribution in [3.63, 3.8) is 0 Å². The first kappa shape index (κ1) is 36.1. The minimum absolute atomic E-state index is 0.0889. The molecule has 0 aromatic heterocycles. The highest BCUT2D eigenvalue weighted by Crippen LogP contribution is 2.38. The van der Waals surface area contributed by atoms with Gasteiger partial charge in [0.1, 0.15) is 0 Å². The second kappa shape index (κ2) is 15.7. The number of halogens is 4. The fourth-order valence-corrected chi connectivity index (χ4v) is 8.07. The molecular formula is C36H46ClF3N6O4. The summed E-state index contributed by atoms with van der Waals surface area (Å²) in [5.74, 6) is -0.440. The minimum atomic E-state index is -4.76. The quantitative estimate of drug-likeness (QED) is 0.334. The van der Waals surface area contributed by atoms with Gasteiger partial charge in [0, 0.05) is 56.9 Å². The van der Waals surface area contributed by atoms with Crippen LogP contribution in [0.5, 0.6) is 0 Å². The number of urea groups is 1. The summed E-state index contributed by atoms with van der Waals surface area (Å²) in [6.07, 6.45) is 0.972. The molecule has 4 aliphatic heterocycles. The zero-order valence-electron chi connectivity index (χ0n) is 28.2. The highest BCUT2D eigenvalue weighted by Gasteiger charge is 2.38. The number of para-hydroxylation sites is 1. The number of rotatable bonds is 6. The lowest BCUT2D eigenvalue weighted by molar-refractivity contribution is -0.142. The molecule has 4 aliphatic rings. The third-order valence-corrected chi connectivity index (χ3v) is 11.0. The third-order valence-electron chi connectivity index (χ3n) is 10.7. The summed E-state index contributed by atoms with van der Waals surface area (Å²) >= 11 is 6.12. The van der Waals surface area contributed by atoms with Crippen molar-refractivity contribution in [1.29, 1.82) is 0 Å². The van der Waals surface area contributed by atoms with Crippen LogP contribution >= 0.6 is 11.6 Å². The van der Waals surface area contributed by atoms with Gasteiger partial charge < -0.3 is 35.4 Å². The highest BCUT2D eigenvalue weighted by molar-refractivity contribution is 6.33. The molecule has 2 aromatic carbocycles. The number of alkyl halides is 3. The average Bonchev–Trinajstić information content (AvgIpc) is 3.48. The predicted molar refractivity (Wildman–Crippen MR) is 185 cm³/mol. The Balaban J connectivity index is 1.12. The number of amides is 4. The topological polar surface area (TPSA) is 111 Å². The molecule has 4 amide bonds. The number of hydrogen-bond acceptors (Lipinski definition) is 6. The Morgan fingerprint density at radius 2 is 1.54 bits per heavy atom. The van der Waals surface area contributed by atoms with E-state index in [9.17, 15) is 27.6 Å². The van der Waals surface area contributed by atoms with E-state index in [4.69, 9.17) is 22.1 Å². The van der Waals surface area contributed by atoms with Gasteiger partial charge in [-0.2, -0.15) is 13.2 Å². The number of nitrogens with two attached hydrogens (primary N) is 1. The molecule has 3 fully saturated rings. The van der Waals surface area contributed by atoms with Crippen molar-refractivity contribution in [2.45, 2.75) is 88.6 Å². The minimum Gasteiger partial charge on any atom is -0.436 e. The molecule has 50 heavy (non-hydrogen) atoms. The molecule has 272 valence electrons. The number of carbonyl (C=O) groups excluding carboxylic acids is 3. The van der Waals surface area contributed by atoms with Crippen molar-refractivity contribution >= 4 is 41.0 Å². The second-order valence-corrected chi connectivity index (χ2v) is 14.3. The van der Waals surface area contributed by atoms with Crippen LogP contribution in [0, 0.1) is 0 Å². The molecule has 14 heteroatoms. The van der Waals surface area contributed by atoms with Crippen LogP contribution in [0.4, 0.5) is 34.1 Å². The standard InChI is InChI=1S/C36H46ClF3N6O4/c37-29-22-24(21-28(32(29)41)36(38,39)40)23-31(33(47)44-16-10-26(11-17-44)43-14-5-1-2-6-15-43)50-35(49)45-18-12-27(13-19-45)46-20-9-25-7-3-4-8-30(25)42-34(46)48/h3-4,7-8,21-22,26-27,31H,1-2,5-6,9-20,23,41H2,(H,42,48)/t31-/m1/s1. The van der Waals surface area contributed by atoms with Gasteiger partial charge in [0.15, 0.2) is 6.10 Å². The fraction of sp³-hybridized carbons (Fsp3) is 0.583. The molecule has 0 bridgehead atoms. The van der Waals surface area contributed by atoms with Gasteiger partial charge in [0.25, 0.3) is 5.91 Å². The van der Waals surface area contributed by atoms with Crippen molar-refractivity contribution in [3.05, 3.63) is 58.1 Å². The molecular weight excluding hydrogens is 673 g/mol. The summed E-state index contributed by atoms with van der Waals surface area (Å²) < 4.78 is 47.3. The van der Waals surface area contributed by atoms with E-state index in [2.05, 4.69) is 10.2 Å². The first-order chi connectivity index (χ1) is 24.0. The molecule has 0 radical (unpaired) electrons. The van der Waals surface area contributed by atoms with E-state index in [-0.39, 0.29) is 29.1 Å². The monoisotopic (exact) mass is 718 g/mol. The summed E-state index contributed by atoms with van der Waals surface area (Å²) in [5, 5.41) is 2.71. The summed E-state index contributed by atoms with van der Waals surface area (Å²) in [7, 11) is 0. The number of anilines is 2. The van der Waals surface area contributed by atoms with Crippen LogP contribution < -0.4 is 11.1 Å². The van der Waals surface area contributed by atoms with E-state index in [1.54, 1.807) is 4.90 Å². The van der Waals surface area contributed by atoms with E-state index in [0.717, 1.165) is 56.1 Å². The molecule has 0 saturated carbocycles. The molecule has 6 rings (SSSR count). The van der Waals surface area contributed by atoms with Crippen molar-refractivity contribution in [2.24, 2.45) is 0 Å². The number of nitrogen functional groups attached to an aromatic ring is 1. The van der Waals surface area contributed by atoms with Gasteiger partial charge in [-0.1, -0.05) is 42.6 Å². The first-order valence-electron chi connectivity index (χ1n) is 17.8. The highest BCUT2D eigenvalue weighted by atomic mass is 35.5. The zero-order chi connectivity index (χ0) is 35.4. The van der Waals surface area contributed by atoms with E-state index in [0.29, 0.717) is 58.0 Å². The van der Waals surface area contributed by atoms with Gasteiger partial charge in [0.2, 0.25) is 0 Å². The van der Waals surface area contributed by atoms with E-state index in [1.807, 2.05) is 29.2 Å². The van der Waals surface area contributed by atoms with Crippen molar-refractivity contribution in [1.82, 2.24) is 19.6 Å². The maximum atomic E-state index is 14.0. The second-order valence-electron chi connectivity index (χ2n) is 13.9. The molecule has 3 N–H and O–H groups in total. The Bertz CT molecular complexity index is 1540. The number of benzene rings is 2. The Hall–Kier alpha value is -3.71. The number of ether oxygens (including phenoxy) is 1. The van der Waals surface area contributed by atoms with Gasteiger partial charge in [-0.15, -0.1) is 0 Å². The van der Waals surface area contributed by atoms with E-state index < -0.39 is 35.5 Å². The number of carbonyl (C=O) groups is 3. The summed E-state index contributed by atoms with van der Waals surface area (Å²) in [6, 6.07) is 9.97. The number of fused-ring (bicyclic) bond motifs is 1. The van der Waals surface area contributed by atoms with E-state index in [1.165, 1.54) is 23.8 Å². The molecule has 10 nitrogen and oxygen atoms in total. The van der Waals surface area contributed by atoms with Crippen molar-refractivity contribution < 1.29 is 32.3 Å². The summed E-state index contributed by atoms with van der Waals surface area (Å²) in [5.41, 5.74) is 5.92. The predicted octanol–water partition coefficient (Wildman–Crippen LogP) is 6.41. The lowest BCUT2D eigenvalue weighted by Crippen LogP contribution is -2.52. The SMILES string of the molecule is Nc1c(Cl)cc(C[C@@H](OC(=O)N2CCC(N3CCc4ccccc4NC3=O)CC2)C(=O)N2CCC(N3CCCCCC3)CC2)cc1C(F)(F)F. The van der Waals surface area contributed by atoms with Crippen LogP contribution in [-0.2, 0) is 28.5 Å². The van der Waals surface area contributed by atoms with Gasteiger partial charge in [-0.05, 0) is 87.4 Å². The lowest BCUT2D eigenvalue weighted by Gasteiger charge is -2.40. The van der Waals surface area contributed by atoms with E-state index >= 15 is 0 Å². The maximum Gasteiger partial charge on any atom is 0.418 e. The van der Waals surface area contributed by atoms with Crippen molar-refractivity contribution in [3.8, 4) is 0 Å². The van der Waals surface area contributed by atoms with Crippen LogP contribution in [0.3, 0.4) is 0 Å². The van der Waals surface area contributed by atoms with Crippen LogP contribution in [0.2, 0.25) is 5.02 Å². The normalized spacial score (nSPS) is 20.8.